The van der Waals surface area contributed by atoms with Gasteiger partial charge in [0.1, 0.15) is 5.52 Å². The van der Waals surface area contributed by atoms with Gasteiger partial charge in [-0.2, -0.15) is 0 Å². The molecule has 3 aromatic rings. The van der Waals surface area contributed by atoms with Crippen molar-refractivity contribution in [2.45, 2.75) is 6.54 Å². The summed E-state index contributed by atoms with van der Waals surface area (Å²) in [6.07, 6.45) is 0. The summed E-state index contributed by atoms with van der Waals surface area (Å²) in [5, 5.41) is 19.0. The van der Waals surface area contributed by atoms with Gasteiger partial charge in [-0.05, 0) is 17.7 Å². The number of rotatable bonds is 3. The molecule has 0 fully saturated rings. The number of nitro benzene ring substituents is 1. The van der Waals surface area contributed by atoms with Gasteiger partial charge in [0.05, 0.1) is 16.9 Å². The van der Waals surface area contributed by atoms with Gasteiger partial charge in [0.15, 0.2) is 0 Å². The van der Waals surface area contributed by atoms with Gasteiger partial charge < -0.3 is 0 Å². The lowest BCUT2D eigenvalue weighted by Crippen LogP contribution is -2.24. The van der Waals surface area contributed by atoms with E-state index in [-0.39, 0.29) is 17.8 Å². The van der Waals surface area contributed by atoms with Gasteiger partial charge >= 0.3 is 0 Å². The van der Waals surface area contributed by atoms with Gasteiger partial charge in [-0.15, -0.1) is 5.10 Å². The predicted molar refractivity (Wildman–Crippen MR) is 76.0 cm³/mol. The first-order valence-electron chi connectivity index (χ1n) is 6.21. The smallest absolute Gasteiger partial charge is 0.267 e. The van der Waals surface area contributed by atoms with E-state index in [9.17, 15) is 14.9 Å². The summed E-state index contributed by atoms with van der Waals surface area (Å²) in [7, 11) is 0. The van der Waals surface area contributed by atoms with Crippen LogP contribution in [0.15, 0.2) is 53.3 Å². The molecule has 0 unspecified atom stereocenters. The molecule has 0 radical (unpaired) electrons. The summed E-state index contributed by atoms with van der Waals surface area (Å²) < 4.78 is 1.24. The highest BCUT2D eigenvalue weighted by Gasteiger charge is 2.07. The van der Waals surface area contributed by atoms with Crippen molar-refractivity contribution in [3.05, 3.63) is 74.6 Å². The van der Waals surface area contributed by atoms with Crippen molar-refractivity contribution in [3.8, 4) is 0 Å². The molecule has 3 rings (SSSR count). The second-order valence-corrected chi connectivity index (χ2v) is 4.49. The third kappa shape index (κ3) is 2.48. The number of fused-ring (bicyclic) bond motifs is 1. The van der Waals surface area contributed by atoms with E-state index < -0.39 is 4.92 Å². The average molecular weight is 282 g/mol. The highest BCUT2D eigenvalue weighted by atomic mass is 16.6. The lowest BCUT2D eigenvalue weighted by Gasteiger charge is -2.04. The van der Waals surface area contributed by atoms with Crippen LogP contribution >= 0.6 is 0 Å². The van der Waals surface area contributed by atoms with E-state index in [4.69, 9.17) is 0 Å². The zero-order valence-electron chi connectivity index (χ0n) is 10.8. The van der Waals surface area contributed by atoms with Crippen molar-refractivity contribution in [3.63, 3.8) is 0 Å². The Bertz CT molecular complexity index is 871. The van der Waals surface area contributed by atoms with Gasteiger partial charge in [0.25, 0.3) is 11.2 Å². The Morgan fingerprint density at radius 1 is 1.10 bits per heavy atom. The Hall–Kier alpha value is -3.09. The normalized spacial score (nSPS) is 10.7. The number of aromatic nitrogens is 3. The molecular weight excluding hydrogens is 272 g/mol. The Labute approximate surface area is 118 Å². The summed E-state index contributed by atoms with van der Waals surface area (Å²) in [6, 6.07) is 13.0. The summed E-state index contributed by atoms with van der Waals surface area (Å²) >= 11 is 0. The van der Waals surface area contributed by atoms with Crippen LogP contribution in [0.1, 0.15) is 5.56 Å². The first-order valence-corrected chi connectivity index (χ1v) is 6.21. The van der Waals surface area contributed by atoms with Gasteiger partial charge in [0.2, 0.25) is 0 Å². The van der Waals surface area contributed by atoms with E-state index in [1.165, 1.54) is 16.8 Å². The number of nitro groups is 1. The van der Waals surface area contributed by atoms with Crippen LogP contribution in [0.3, 0.4) is 0 Å². The zero-order chi connectivity index (χ0) is 14.8. The third-order valence-electron chi connectivity index (χ3n) is 3.11. The minimum absolute atomic E-state index is 0.00990. The molecule has 0 N–H and O–H groups in total. The molecule has 2 aromatic carbocycles. The van der Waals surface area contributed by atoms with Gasteiger partial charge in [-0.1, -0.05) is 29.5 Å². The second-order valence-electron chi connectivity index (χ2n) is 4.49. The molecule has 7 heteroatoms. The van der Waals surface area contributed by atoms with Crippen molar-refractivity contribution in [2.24, 2.45) is 0 Å². The summed E-state index contributed by atoms with van der Waals surface area (Å²) in [4.78, 5) is 22.4. The molecule has 0 atom stereocenters. The first-order chi connectivity index (χ1) is 10.1. The van der Waals surface area contributed by atoms with Crippen molar-refractivity contribution in [1.29, 1.82) is 0 Å². The summed E-state index contributed by atoms with van der Waals surface area (Å²) in [5.41, 5.74) is 1.06. The Morgan fingerprint density at radius 2 is 1.81 bits per heavy atom. The molecule has 0 amide bonds. The molecule has 0 saturated heterocycles. The lowest BCUT2D eigenvalue weighted by molar-refractivity contribution is -0.384. The van der Waals surface area contributed by atoms with Crippen molar-refractivity contribution in [1.82, 2.24) is 15.0 Å². The van der Waals surface area contributed by atoms with Crippen LogP contribution in [0.4, 0.5) is 5.69 Å². The van der Waals surface area contributed by atoms with E-state index in [0.29, 0.717) is 10.9 Å². The van der Waals surface area contributed by atoms with Crippen molar-refractivity contribution in [2.75, 3.05) is 0 Å². The summed E-state index contributed by atoms with van der Waals surface area (Å²) in [6.45, 7) is 0.217. The van der Waals surface area contributed by atoms with Crippen LogP contribution in [0.25, 0.3) is 10.9 Å². The maximum Gasteiger partial charge on any atom is 0.277 e. The molecular formula is C14H10N4O3. The quantitative estimate of drug-likeness (QED) is 0.539. The number of hydrogen-bond acceptors (Lipinski definition) is 5. The van der Waals surface area contributed by atoms with Crippen molar-refractivity contribution >= 4 is 16.6 Å². The fourth-order valence-electron chi connectivity index (χ4n) is 2.02. The maximum absolute atomic E-state index is 12.3. The lowest BCUT2D eigenvalue weighted by atomic mass is 10.2. The monoisotopic (exact) mass is 282 g/mol. The van der Waals surface area contributed by atoms with Crippen LogP contribution in [0.2, 0.25) is 0 Å². The minimum Gasteiger partial charge on any atom is -0.267 e. The number of benzene rings is 2. The number of hydrogen-bond donors (Lipinski definition) is 0. The molecule has 0 saturated carbocycles. The fraction of sp³-hybridized carbons (Fsp3) is 0.0714. The van der Waals surface area contributed by atoms with Gasteiger partial charge in [-0.3, -0.25) is 14.9 Å². The van der Waals surface area contributed by atoms with Crippen LogP contribution in [0, 0.1) is 10.1 Å². The van der Waals surface area contributed by atoms with E-state index in [2.05, 4.69) is 10.3 Å². The van der Waals surface area contributed by atoms with E-state index >= 15 is 0 Å². The van der Waals surface area contributed by atoms with Crippen molar-refractivity contribution < 1.29 is 4.92 Å². The topological polar surface area (TPSA) is 90.9 Å². The molecule has 0 aliphatic rings. The molecule has 104 valence electrons. The molecule has 0 bridgehead atoms. The SMILES string of the molecule is O=c1c2ccccc2nnn1Cc1ccc([N+](=O)[O-])cc1. The zero-order valence-corrected chi connectivity index (χ0v) is 10.8. The minimum atomic E-state index is -0.466. The average Bonchev–Trinajstić information content (AvgIpc) is 2.51. The molecule has 0 aliphatic carbocycles. The largest absolute Gasteiger partial charge is 0.277 e. The van der Waals surface area contributed by atoms with E-state index in [1.807, 2.05) is 0 Å². The molecule has 1 heterocycles. The van der Waals surface area contributed by atoms with Crippen LogP contribution in [0.5, 0.6) is 0 Å². The summed E-state index contributed by atoms with van der Waals surface area (Å²) in [5.74, 6) is 0. The standard InChI is InChI=1S/C14H10N4O3/c19-14-12-3-1-2-4-13(12)15-16-17(14)9-10-5-7-11(8-6-10)18(20)21/h1-8H,9H2. The molecule has 21 heavy (non-hydrogen) atoms. The Kier molecular flexibility index (Phi) is 3.15. The van der Waals surface area contributed by atoms with Gasteiger partial charge in [0, 0.05) is 12.1 Å². The second kappa shape index (κ2) is 5.12. The number of nitrogens with zero attached hydrogens (tertiary/aromatic N) is 4. The molecule has 0 aliphatic heterocycles. The predicted octanol–water partition coefficient (Wildman–Crippen LogP) is 1.75. The molecule has 0 spiro atoms. The van der Waals surface area contributed by atoms with Crippen LogP contribution < -0.4 is 5.56 Å². The highest BCUT2D eigenvalue weighted by molar-refractivity contribution is 5.76. The van der Waals surface area contributed by atoms with E-state index in [0.717, 1.165) is 5.56 Å². The third-order valence-corrected chi connectivity index (χ3v) is 3.11. The van der Waals surface area contributed by atoms with Crippen LogP contribution in [-0.2, 0) is 6.54 Å². The van der Waals surface area contributed by atoms with E-state index in [1.54, 1.807) is 36.4 Å². The highest BCUT2D eigenvalue weighted by Crippen LogP contribution is 2.12. The Morgan fingerprint density at radius 3 is 2.52 bits per heavy atom. The first kappa shape index (κ1) is 12.9. The Balaban J connectivity index is 1.96. The molecule has 1 aromatic heterocycles. The maximum atomic E-state index is 12.3. The number of non-ortho nitro benzene ring substituents is 1. The fourth-order valence-corrected chi connectivity index (χ4v) is 2.02. The molecule has 7 nitrogen and oxygen atoms in total. The van der Waals surface area contributed by atoms with Crippen LogP contribution in [-0.4, -0.2) is 19.9 Å². The van der Waals surface area contributed by atoms with Gasteiger partial charge in [-0.25, -0.2) is 4.68 Å².